The van der Waals surface area contributed by atoms with Crippen molar-refractivity contribution in [3.05, 3.63) is 24.5 Å². The van der Waals surface area contributed by atoms with Crippen molar-refractivity contribution in [2.45, 2.75) is 13.0 Å². The second-order valence-corrected chi connectivity index (χ2v) is 2.16. The van der Waals surface area contributed by atoms with Crippen molar-refractivity contribution in [2.75, 3.05) is 7.11 Å². The molecule has 1 radical (unpaired) electrons. The zero-order chi connectivity index (χ0) is 8.10. The first kappa shape index (κ1) is 7.85. The fraction of sp³-hybridized carbons (Fsp3) is 0.375. The van der Waals surface area contributed by atoms with Gasteiger partial charge in [-0.15, -0.1) is 0 Å². The van der Waals surface area contributed by atoms with Crippen molar-refractivity contribution in [3.8, 4) is 0 Å². The van der Waals surface area contributed by atoms with Crippen LogP contribution in [0.15, 0.2) is 18.3 Å². The van der Waals surface area contributed by atoms with E-state index in [1.54, 1.807) is 6.07 Å². The predicted molar refractivity (Wildman–Crippen MR) is 39.9 cm³/mol. The second kappa shape index (κ2) is 3.81. The number of hydrogen-bond donors (Lipinski definition) is 0. The topological polar surface area (TPSA) is 31.2 Å². The SMILES string of the molecule is COC(=O)CCn1[c]ccc1. The van der Waals surface area contributed by atoms with Gasteiger partial charge >= 0.3 is 5.97 Å². The predicted octanol–water partition coefficient (Wildman–Crippen LogP) is 0.851. The third-order valence-electron chi connectivity index (χ3n) is 1.39. The van der Waals surface area contributed by atoms with Crippen LogP contribution in [0.3, 0.4) is 0 Å². The van der Waals surface area contributed by atoms with Gasteiger partial charge in [0.2, 0.25) is 0 Å². The molecule has 0 aliphatic heterocycles. The van der Waals surface area contributed by atoms with Gasteiger partial charge in [-0.05, 0) is 12.1 Å². The Morgan fingerprint density at radius 2 is 2.55 bits per heavy atom. The maximum absolute atomic E-state index is 10.7. The Bertz CT molecular complexity index is 216. The average Bonchev–Trinajstić information content (AvgIpc) is 2.52. The van der Waals surface area contributed by atoms with E-state index in [2.05, 4.69) is 10.9 Å². The lowest BCUT2D eigenvalue weighted by Gasteiger charge is -1.99. The van der Waals surface area contributed by atoms with Crippen LogP contribution in [0.2, 0.25) is 0 Å². The molecular formula is C8H10NO2. The van der Waals surface area contributed by atoms with Crippen LogP contribution < -0.4 is 0 Å². The first-order valence-corrected chi connectivity index (χ1v) is 3.42. The number of carbonyl (C=O) groups excluding carboxylic acids is 1. The normalized spacial score (nSPS) is 9.55. The van der Waals surface area contributed by atoms with Crippen LogP contribution in [0.25, 0.3) is 0 Å². The fourth-order valence-corrected chi connectivity index (χ4v) is 0.782. The number of rotatable bonds is 3. The van der Waals surface area contributed by atoms with E-state index in [9.17, 15) is 4.79 Å². The first-order chi connectivity index (χ1) is 5.33. The van der Waals surface area contributed by atoms with Gasteiger partial charge in [-0.25, -0.2) is 0 Å². The molecular weight excluding hydrogens is 142 g/mol. The van der Waals surface area contributed by atoms with E-state index in [1.165, 1.54) is 7.11 Å². The van der Waals surface area contributed by atoms with Crippen molar-refractivity contribution in [2.24, 2.45) is 0 Å². The van der Waals surface area contributed by atoms with Gasteiger partial charge in [-0.3, -0.25) is 4.79 Å². The molecule has 0 fully saturated rings. The highest BCUT2D eigenvalue weighted by atomic mass is 16.5. The number of carbonyl (C=O) groups is 1. The van der Waals surface area contributed by atoms with Gasteiger partial charge in [0, 0.05) is 12.7 Å². The molecule has 0 unspecified atom stereocenters. The summed E-state index contributed by atoms with van der Waals surface area (Å²) in [5, 5.41) is 0. The second-order valence-electron chi connectivity index (χ2n) is 2.16. The lowest BCUT2D eigenvalue weighted by atomic mass is 10.4. The monoisotopic (exact) mass is 152 g/mol. The molecule has 11 heavy (non-hydrogen) atoms. The Hall–Kier alpha value is -1.25. The number of aromatic nitrogens is 1. The van der Waals surface area contributed by atoms with Crippen LogP contribution in [-0.2, 0) is 16.1 Å². The van der Waals surface area contributed by atoms with Crippen LogP contribution in [0.5, 0.6) is 0 Å². The molecule has 3 heteroatoms. The fourth-order valence-electron chi connectivity index (χ4n) is 0.782. The van der Waals surface area contributed by atoms with Crippen LogP contribution in [0.4, 0.5) is 0 Å². The number of ether oxygens (including phenoxy) is 1. The Morgan fingerprint density at radius 3 is 3.09 bits per heavy atom. The van der Waals surface area contributed by atoms with Gasteiger partial charge in [0.15, 0.2) is 0 Å². The lowest BCUT2D eigenvalue weighted by Crippen LogP contribution is -2.05. The third kappa shape index (κ3) is 2.45. The van der Waals surface area contributed by atoms with Crippen molar-refractivity contribution >= 4 is 5.97 Å². The molecule has 0 bridgehead atoms. The highest BCUT2D eigenvalue weighted by Crippen LogP contribution is 1.93. The van der Waals surface area contributed by atoms with E-state index in [0.717, 1.165) is 0 Å². The van der Waals surface area contributed by atoms with Crippen LogP contribution >= 0.6 is 0 Å². The summed E-state index contributed by atoms with van der Waals surface area (Å²) in [5.74, 6) is -0.188. The Balaban J connectivity index is 2.29. The summed E-state index contributed by atoms with van der Waals surface area (Å²) in [6, 6.07) is 3.68. The number of aryl methyl sites for hydroxylation is 1. The molecule has 0 aromatic carbocycles. The van der Waals surface area contributed by atoms with Gasteiger partial charge in [-0.2, -0.15) is 0 Å². The molecule has 0 aliphatic rings. The molecule has 0 amide bonds. The Morgan fingerprint density at radius 1 is 1.73 bits per heavy atom. The first-order valence-electron chi connectivity index (χ1n) is 3.42. The molecule has 0 atom stereocenters. The summed E-state index contributed by atoms with van der Waals surface area (Å²) < 4.78 is 6.30. The summed E-state index contributed by atoms with van der Waals surface area (Å²) in [7, 11) is 1.39. The van der Waals surface area contributed by atoms with Crippen LogP contribution in [0.1, 0.15) is 6.42 Å². The van der Waals surface area contributed by atoms with Gasteiger partial charge in [0.1, 0.15) is 0 Å². The highest BCUT2D eigenvalue weighted by molar-refractivity contribution is 5.68. The summed E-state index contributed by atoms with van der Waals surface area (Å²) >= 11 is 0. The van der Waals surface area contributed by atoms with Crippen LogP contribution in [0, 0.1) is 6.20 Å². The minimum Gasteiger partial charge on any atom is -0.469 e. The molecule has 1 aromatic heterocycles. The molecule has 3 nitrogen and oxygen atoms in total. The van der Waals surface area contributed by atoms with Crippen LogP contribution in [-0.4, -0.2) is 17.6 Å². The van der Waals surface area contributed by atoms with E-state index >= 15 is 0 Å². The van der Waals surface area contributed by atoms with Gasteiger partial charge in [0.05, 0.1) is 19.7 Å². The molecule has 1 heterocycles. The number of nitrogens with zero attached hydrogens (tertiary/aromatic N) is 1. The average molecular weight is 152 g/mol. The summed E-state index contributed by atoms with van der Waals surface area (Å²) in [6.07, 6.45) is 5.19. The maximum atomic E-state index is 10.7. The molecule has 0 saturated carbocycles. The largest absolute Gasteiger partial charge is 0.469 e. The highest BCUT2D eigenvalue weighted by Gasteiger charge is 1.98. The van der Waals surface area contributed by atoms with Gasteiger partial charge in [0.25, 0.3) is 0 Å². The molecule has 0 aliphatic carbocycles. The maximum Gasteiger partial charge on any atom is 0.307 e. The van der Waals surface area contributed by atoms with E-state index in [4.69, 9.17) is 0 Å². The summed E-state index contributed by atoms with van der Waals surface area (Å²) in [4.78, 5) is 10.7. The number of hydrogen-bond acceptors (Lipinski definition) is 2. The zero-order valence-electron chi connectivity index (χ0n) is 6.41. The Kier molecular flexibility index (Phi) is 2.72. The Labute approximate surface area is 65.6 Å². The van der Waals surface area contributed by atoms with E-state index in [-0.39, 0.29) is 5.97 Å². The molecule has 59 valence electrons. The minimum atomic E-state index is -0.188. The van der Waals surface area contributed by atoms with Gasteiger partial charge < -0.3 is 9.30 Å². The summed E-state index contributed by atoms with van der Waals surface area (Å²) in [6.45, 7) is 0.639. The van der Waals surface area contributed by atoms with E-state index < -0.39 is 0 Å². The molecule has 0 saturated heterocycles. The van der Waals surface area contributed by atoms with E-state index in [0.29, 0.717) is 13.0 Å². The minimum absolute atomic E-state index is 0.188. The zero-order valence-corrected chi connectivity index (χ0v) is 6.41. The third-order valence-corrected chi connectivity index (χ3v) is 1.39. The smallest absolute Gasteiger partial charge is 0.307 e. The lowest BCUT2D eigenvalue weighted by molar-refractivity contribution is -0.140. The van der Waals surface area contributed by atoms with Crippen molar-refractivity contribution < 1.29 is 9.53 Å². The summed E-state index contributed by atoms with van der Waals surface area (Å²) in [5.41, 5.74) is 0. The van der Waals surface area contributed by atoms with Gasteiger partial charge in [-0.1, -0.05) is 0 Å². The molecule has 1 aromatic rings. The molecule has 0 spiro atoms. The molecule has 0 N–H and O–H groups in total. The standard InChI is InChI=1S/C8H10NO2/c1-11-8(10)4-7-9-5-2-3-6-9/h2-3,5H,4,7H2,1H3. The van der Waals surface area contributed by atoms with Crippen molar-refractivity contribution in [1.29, 1.82) is 0 Å². The quantitative estimate of drug-likeness (QED) is 0.601. The number of methoxy groups -OCH3 is 1. The van der Waals surface area contributed by atoms with E-state index in [1.807, 2.05) is 16.8 Å². The molecule has 1 rings (SSSR count). The van der Waals surface area contributed by atoms with Crippen molar-refractivity contribution in [1.82, 2.24) is 4.57 Å². The van der Waals surface area contributed by atoms with Crippen molar-refractivity contribution in [3.63, 3.8) is 0 Å². The number of esters is 1.